The first-order valence-electron chi connectivity index (χ1n) is 13.0. The minimum absolute atomic E-state index is 0.114. The molecule has 0 spiro atoms. The van der Waals surface area contributed by atoms with E-state index in [9.17, 15) is 9.18 Å². The van der Waals surface area contributed by atoms with Gasteiger partial charge in [-0.05, 0) is 91.8 Å². The number of aliphatic carboxylic acids is 1. The van der Waals surface area contributed by atoms with Crippen LogP contribution >= 0.6 is 0 Å². The summed E-state index contributed by atoms with van der Waals surface area (Å²) in [7, 11) is 0. The zero-order chi connectivity index (χ0) is 27.5. The lowest BCUT2D eigenvalue weighted by atomic mass is 9.94. The summed E-state index contributed by atoms with van der Waals surface area (Å²) < 4.78 is 37.5. The highest BCUT2D eigenvalue weighted by Crippen LogP contribution is 2.32. The molecule has 0 unspecified atom stereocenters. The van der Waals surface area contributed by atoms with Gasteiger partial charge in [-0.15, -0.1) is 0 Å². The predicted molar refractivity (Wildman–Crippen MR) is 145 cm³/mol. The number of aryl methyl sites for hydroxylation is 3. The number of carbonyl (C=O) groups is 1. The van der Waals surface area contributed by atoms with Gasteiger partial charge in [-0.2, -0.15) is 0 Å². The Labute approximate surface area is 224 Å². The van der Waals surface area contributed by atoms with E-state index >= 15 is 0 Å². The van der Waals surface area contributed by atoms with Crippen molar-refractivity contribution in [2.75, 3.05) is 26.4 Å². The summed E-state index contributed by atoms with van der Waals surface area (Å²) in [5.41, 5.74) is 5.67. The first-order chi connectivity index (χ1) is 18.3. The molecule has 6 nitrogen and oxygen atoms in total. The Balaban J connectivity index is 1.71. The third-order valence-corrected chi connectivity index (χ3v) is 6.08. The average molecular weight is 525 g/mol. The molecule has 0 amide bonds. The van der Waals surface area contributed by atoms with Crippen LogP contribution in [0.1, 0.15) is 42.5 Å². The van der Waals surface area contributed by atoms with Gasteiger partial charge in [0.1, 0.15) is 30.0 Å². The maximum absolute atomic E-state index is 14.3. The summed E-state index contributed by atoms with van der Waals surface area (Å²) in [4.78, 5) is 10.7. The van der Waals surface area contributed by atoms with Gasteiger partial charge in [0, 0.05) is 25.7 Å². The summed E-state index contributed by atoms with van der Waals surface area (Å²) in [5, 5.41) is 8.81. The van der Waals surface area contributed by atoms with Crippen LogP contribution in [-0.4, -0.2) is 43.6 Å². The van der Waals surface area contributed by atoms with Gasteiger partial charge in [-0.3, -0.25) is 4.79 Å². The minimum Gasteiger partial charge on any atom is -0.489 e. The van der Waals surface area contributed by atoms with E-state index in [4.69, 9.17) is 24.1 Å². The molecule has 3 rings (SSSR count). The van der Waals surface area contributed by atoms with Gasteiger partial charge in [0.05, 0.1) is 13.2 Å². The van der Waals surface area contributed by atoms with E-state index in [1.165, 1.54) is 6.07 Å². The van der Waals surface area contributed by atoms with Gasteiger partial charge in [0.25, 0.3) is 0 Å². The number of hydrogen-bond donors (Lipinski definition) is 1. The number of ether oxygens (including phenoxy) is 4. The smallest absolute Gasteiger partial charge is 0.303 e. The highest BCUT2D eigenvalue weighted by atomic mass is 19.1. The van der Waals surface area contributed by atoms with Crippen LogP contribution in [0.25, 0.3) is 11.1 Å². The van der Waals surface area contributed by atoms with Crippen molar-refractivity contribution in [3.8, 4) is 22.6 Å². The van der Waals surface area contributed by atoms with Crippen molar-refractivity contribution in [1.29, 1.82) is 0 Å². The average Bonchev–Trinajstić information content (AvgIpc) is 2.88. The van der Waals surface area contributed by atoms with Crippen LogP contribution in [-0.2, 0) is 27.3 Å². The first kappa shape index (κ1) is 29.1. The molecule has 0 fully saturated rings. The Bertz CT molecular complexity index is 1180. The molecule has 0 saturated heterocycles. The van der Waals surface area contributed by atoms with Crippen LogP contribution < -0.4 is 9.47 Å². The summed E-state index contributed by atoms with van der Waals surface area (Å²) in [6.07, 6.45) is -0.154. The molecule has 0 aliphatic carbocycles. The standard InChI is InChI=1S/C31H37FO6/c1-5-35-19-28(20-36-6-2)38-27-14-21(3)31(22(4)15-27)25-9-7-8-23(16-25)18-37-26-12-10-24(29(32)17-26)11-13-30(33)34/h7-10,12,14-17,28H,5-6,11,13,18-20H2,1-4H3,(H,33,34). The lowest BCUT2D eigenvalue weighted by Gasteiger charge is -2.21. The van der Waals surface area contributed by atoms with E-state index in [0.29, 0.717) is 37.7 Å². The van der Waals surface area contributed by atoms with Gasteiger partial charge in [0.2, 0.25) is 0 Å². The lowest BCUT2D eigenvalue weighted by Crippen LogP contribution is -2.28. The van der Waals surface area contributed by atoms with Crippen LogP contribution in [0.3, 0.4) is 0 Å². The van der Waals surface area contributed by atoms with E-state index in [0.717, 1.165) is 33.6 Å². The number of carboxylic acids is 1. The Morgan fingerprint density at radius 1 is 0.921 bits per heavy atom. The van der Waals surface area contributed by atoms with Crippen molar-refractivity contribution in [3.05, 3.63) is 82.7 Å². The molecule has 0 heterocycles. The van der Waals surface area contributed by atoms with Gasteiger partial charge >= 0.3 is 5.97 Å². The molecule has 0 atom stereocenters. The molecule has 1 N–H and O–H groups in total. The zero-order valence-corrected chi connectivity index (χ0v) is 22.6. The second-order valence-corrected chi connectivity index (χ2v) is 9.13. The molecule has 0 bridgehead atoms. The highest BCUT2D eigenvalue weighted by molar-refractivity contribution is 5.72. The lowest BCUT2D eigenvalue weighted by molar-refractivity contribution is -0.136. The van der Waals surface area contributed by atoms with Gasteiger partial charge in [0.15, 0.2) is 0 Å². The van der Waals surface area contributed by atoms with E-state index in [1.54, 1.807) is 12.1 Å². The third-order valence-electron chi connectivity index (χ3n) is 6.08. The third kappa shape index (κ3) is 8.57. The Kier molecular flexibility index (Phi) is 11.1. The monoisotopic (exact) mass is 524 g/mol. The summed E-state index contributed by atoms with van der Waals surface area (Å²) in [5.74, 6) is -0.239. The van der Waals surface area contributed by atoms with Crippen molar-refractivity contribution in [2.45, 2.75) is 53.2 Å². The molecule has 0 aromatic heterocycles. The van der Waals surface area contributed by atoms with Crippen LogP contribution in [0.2, 0.25) is 0 Å². The number of hydrogen-bond acceptors (Lipinski definition) is 5. The molecule has 3 aromatic carbocycles. The Hall–Kier alpha value is -3.42. The molecule has 7 heteroatoms. The SMILES string of the molecule is CCOCC(COCC)Oc1cc(C)c(-c2cccc(COc3ccc(CCC(=O)O)c(F)c3)c2)c(C)c1. The van der Waals surface area contributed by atoms with E-state index < -0.39 is 11.8 Å². The van der Waals surface area contributed by atoms with Crippen molar-refractivity contribution < 1.29 is 33.2 Å². The fourth-order valence-electron chi connectivity index (χ4n) is 4.30. The molecule has 0 aliphatic rings. The molecule has 0 saturated carbocycles. The van der Waals surface area contributed by atoms with E-state index in [1.807, 2.05) is 38.1 Å². The first-order valence-corrected chi connectivity index (χ1v) is 13.0. The van der Waals surface area contributed by atoms with Gasteiger partial charge < -0.3 is 24.1 Å². The zero-order valence-electron chi connectivity index (χ0n) is 22.6. The van der Waals surface area contributed by atoms with E-state index in [2.05, 4.69) is 26.0 Å². The normalized spacial score (nSPS) is 11.1. The van der Waals surface area contributed by atoms with Crippen molar-refractivity contribution in [3.63, 3.8) is 0 Å². The van der Waals surface area contributed by atoms with Crippen molar-refractivity contribution in [2.24, 2.45) is 0 Å². The topological polar surface area (TPSA) is 74.2 Å². The Morgan fingerprint density at radius 3 is 2.21 bits per heavy atom. The van der Waals surface area contributed by atoms with E-state index in [-0.39, 0.29) is 25.6 Å². The molecular weight excluding hydrogens is 487 g/mol. The maximum Gasteiger partial charge on any atom is 0.303 e. The van der Waals surface area contributed by atoms with Crippen molar-refractivity contribution >= 4 is 5.97 Å². The summed E-state index contributed by atoms with van der Waals surface area (Å²) in [6.45, 7) is 10.5. The number of halogens is 1. The molecular formula is C31H37FO6. The van der Waals surface area contributed by atoms with Crippen LogP contribution in [0.15, 0.2) is 54.6 Å². The second kappa shape index (κ2) is 14.5. The quantitative estimate of drug-likeness (QED) is 0.244. The number of carboxylic acid groups (broad SMARTS) is 1. The molecule has 204 valence electrons. The summed E-state index contributed by atoms with van der Waals surface area (Å²) >= 11 is 0. The number of benzene rings is 3. The van der Waals surface area contributed by atoms with Crippen molar-refractivity contribution in [1.82, 2.24) is 0 Å². The molecule has 3 aromatic rings. The second-order valence-electron chi connectivity index (χ2n) is 9.13. The molecule has 38 heavy (non-hydrogen) atoms. The van der Waals surface area contributed by atoms with Gasteiger partial charge in [-0.1, -0.05) is 24.3 Å². The summed E-state index contributed by atoms with van der Waals surface area (Å²) in [6, 6.07) is 16.7. The van der Waals surface area contributed by atoms with Crippen LogP contribution in [0.5, 0.6) is 11.5 Å². The minimum atomic E-state index is -0.954. The largest absolute Gasteiger partial charge is 0.489 e. The fourth-order valence-corrected chi connectivity index (χ4v) is 4.30. The Morgan fingerprint density at radius 2 is 1.61 bits per heavy atom. The molecule has 0 radical (unpaired) electrons. The maximum atomic E-state index is 14.3. The highest BCUT2D eigenvalue weighted by Gasteiger charge is 2.15. The predicted octanol–water partition coefficient (Wildman–Crippen LogP) is 6.53. The van der Waals surface area contributed by atoms with Crippen LogP contribution in [0, 0.1) is 19.7 Å². The fraction of sp³-hybridized carbons (Fsp3) is 0.387. The number of rotatable bonds is 15. The molecule has 0 aliphatic heterocycles. The van der Waals surface area contributed by atoms with Crippen LogP contribution in [0.4, 0.5) is 4.39 Å². The van der Waals surface area contributed by atoms with Gasteiger partial charge in [-0.25, -0.2) is 4.39 Å².